The van der Waals surface area contributed by atoms with E-state index in [1.165, 1.54) is 47.2 Å². The Labute approximate surface area is 539 Å². The second-order valence-electron chi connectivity index (χ2n) is 25.0. The minimum absolute atomic E-state index is 0.0387. The standard InChI is InChI=1S/C43H46N4O2.C35H46N4O3/c48-42(37-23-22-32-14-8-9-19-35(32)28-37)44-30-38-24-27-47(31-39(33-15-4-1-5-16-33)34-17-6-2-7-18-34)43(49)40(45-38)29-36-20-10-11-21-41(36)46-25-12-3-13-26-46;1-4-6-21-38(3)33(40)19-18-32-35(42)39(25-26(5-2)27-12-8-7-9-13-27)22-20-31(37-32)24-36-34(41)30-17-16-28-14-10-11-15-29(28)23-30/h1-2,4-11,14-23,28,38-40,45H,3,12-13,24-27,29-31H2,(H,44,48);7-17,23,26,31-32,37H,4-6,18-22,24-25H2,1-3H3,(H,36,41)/t38-,40-;26?,31-,32-/m00/s1. The molecule has 11 rings (SSSR count). The van der Waals surface area contributed by atoms with Crippen LogP contribution in [0.2, 0.25) is 0 Å². The van der Waals surface area contributed by atoms with Crippen molar-refractivity contribution in [1.82, 2.24) is 36.0 Å². The first-order valence-corrected chi connectivity index (χ1v) is 33.4. The van der Waals surface area contributed by atoms with Crippen LogP contribution in [-0.4, -0.2) is 134 Å². The fourth-order valence-corrected chi connectivity index (χ4v) is 13.3. The van der Waals surface area contributed by atoms with Gasteiger partial charge in [0.25, 0.3) is 11.8 Å². The largest absolute Gasteiger partial charge is 0.371 e. The minimum Gasteiger partial charge on any atom is -0.371 e. The summed E-state index contributed by atoms with van der Waals surface area (Å²) in [7, 11) is 1.84. The molecule has 3 aliphatic rings. The first-order valence-electron chi connectivity index (χ1n) is 33.4. The van der Waals surface area contributed by atoms with Crippen molar-refractivity contribution in [3.05, 3.63) is 234 Å². The van der Waals surface area contributed by atoms with Crippen LogP contribution in [0.1, 0.15) is 133 Å². The van der Waals surface area contributed by atoms with Crippen LogP contribution in [0.5, 0.6) is 0 Å². The number of anilines is 1. The predicted octanol–water partition coefficient (Wildman–Crippen LogP) is 12.6. The molecule has 8 aromatic rings. The van der Waals surface area contributed by atoms with E-state index in [0.29, 0.717) is 69.7 Å². The Balaban J connectivity index is 0.000000203. The van der Waals surface area contributed by atoms with Gasteiger partial charge in [-0.05, 0) is 132 Å². The maximum absolute atomic E-state index is 14.6. The van der Waals surface area contributed by atoms with Gasteiger partial charge >= 0.3 is 0 Å². The summed E-state index contributed by atoms with van der Waals surface area (Å²) < 4.78 is 0. The zero-order chi connectivity index (χ0) is 63.3. The Morgan fingerprint density at radius 2 is 1.02 bits per heavy atom. The van der Waals surface area contributed by atoms with Crippen molar-refractivity contribution in [2.75, 3.05) is 70.9 Å². The van der Waals surface area contributed by atoms with Gasteiger partial charge in [0, 0.05) is 113 Å². The molecule has 474 valence electrons. The second kappa shape index (κ2) is 32.9. The van der Waals surface area contributed by atoms with Gasteiger partial charge in [0.2, 0.25) is 17.7 Å². The fraction of sp³-hybridized carbons (Fsp3) is 0.372. The average Bonchev–Trinajstić information content (AvgIpc) is 2.44. The van der Waals surface area contributed by atoms with Crippen LogP contribution < -0.4 is 26.2 Å². The molecule has 4 N–H and O–H groups in total. The third-order valence-electron chi connectivity index (χ3n) is 18.7. The number of fused-ring (bicyclic) bond motifs is 2. The molecule has 5 amide bonds. The Morgan fingerprint density at radius 1 is 0.538 bits per heavy atom. The summed E-state index contributed by atoms with van der Waals surface area (Å²) in [6, 6.07) is 66.6. The van der Waals surface area contributed by atoms with Gasteiger partial charge in [0.05, 0.1) is 12.1 Å². The van der Waals surface area contributed by atoms with Gasteiger partial charge in [0.15, 0.2) is 0 Å². The number of hydrogen-bond donors (Lipinski definition) is 4. The van der Waals surface area contributed by atoms with E-state index in [9.17, 15) is 24.0 Å². The van der Waals surface area contributed by atoms with Crippen molar-refractivity contribution < 1.29 is 24.0 Å². The van der Waals surface area contributed by atoms with Crippen LogP contribution in [0.25, 0.3) is 21.5 Å². The maximum atomic E-state index is 14.6. The lowest BCUT2D eigenvalue weighted by Crippen LogP contribution is -2.50. The molecule has 0 spiro atoms. The van der Waals surface area contributed by atoms with Crippen LogP contribution in [-0.2, 0) is 20.8 Å². The van der Waals surface area contributed by atoms with Crippen LogP contribution in [0, 0.1) is 0 Å². The third kappa shape index (κ3) is 17.9. The summed E-state index contributed by atoms with van der Waals surface area (Å²) in [5.74, 6) is 0.282. The summed E-state index contributed by atoms with van der Waals surface area (Å²) in [5, 5.41) is 17.8. The molecule has 0 bridgehead atoms. The molecular formula is C78H92N8O5. The van der Waals surface area contributed by atoms with E-state index in [1.54, 1.807) is 4.90 Å². The highest BCUT2D eigenvalue weighted by molar-refractivity contribution is 5.99. The number of hydrogen-bond acceptors (Lipinski definition) is 8. The molecule has 0 aromatic heterocycles. The van der Waals surface area contributed by atoms with Crippen molar-refractivity contribution in [2.24, 2.45) is 0 Å². The predicted molar refractivity (Wildman–Crippen MR) is 369 cm³/mol. The van der Waals surface area contributed by atoms with E-state index < -0.39 is 12.1 Å². The normalized spacial score (nSPS) is 18.2. The molecule has 1 unspecified atom stereocenters. The first kappa shape index (κ1) is 65.3. The SMILES string of the molecule is CCCCN(C)C(=O)CC[C@@H]1N[C@H](CNC(=O)c2ccc3ccccc3c2)CCN(CC(CC)c2ccccc2)C1=O.O=C(NC[C@@H]1CCN(CC(c2ccccc2)c2ccccc2)C(=O)[C@H](Cc2ccccc2N2CCCCC2)N1)c1ccc2ccccc2c1. The van der Waals surface area contributed by atoms with Crippen LogP contribution in [0.15, 0.2) is 200 Å². The second-order valence-corrected chi connectivity index (χ2v) is 25.0. The lowest BCUT2D eigenvalue weighted by atomic mass is 9.90. The van der Waals surface area contributed by atoms with E-state index in [1.807, 2.05) is 121 Å². The molecule has 91 heavy (non-hydrogen) atoms. The summed E-state index contributed by atoms with van der Waals surface area (Å²) in [4.78, 5) is 76.1. The summed E-state index contributed by atoms with van der Waals surface area (Å²) in [6.45, 7) is 10.4. The molecule has 5 atom stereocenters. The Kier molecular flexibility index (Phi) is 23.6. The Morgan fingerprint density at radius 3 is 1.57 bits per heavy atom. The molecule has 0 radical (unpaired) electrons. The molecule has 3 heterocycles. The third-order valence-corrected chi connectivity index (χ3v) is 18.7. The number of unbranched alkanes of at least 4 members (excludes halogenated alkanes) is 1. The zero-order valence-electron chi connectivity index (χ0n) is 53.5. The van der Waals surface area contributed by atoms with Crippen molar-refractivity contribution in [2.45, 2.75) is 120 Å². The van der Waals surface area contributed by atoms with E-state index in [-0.39, 0.29) is 53.5 Å². The topological polar surface area (TPSA) is 146 Å². The number of rotatable bonds is 23. The van der Waals surface area contributed by atoms with E-state index in [4.69, 9.17) is 0 Å². The smallest absolute Gasteiger partial charge is 0.251 e. The molecule has 3 saturated heterocycles. The maximum Gasteiger partial charge on any atom is 0.251 e. The van der Waals surface area contributed by atoms with Crippen molar-refractivity contribution in [3.63, 3.8) is 0 Å². The van der Waals surface area contributed by atoms with Crippen LogP contribution >= 0.6 is 0 Å². The summed E-state index contributed by atoms with van der Waals surface area (Å²) >= 11 is 0. The van der Waals surface area contributed by atoms with E-state index in [2.05, 4.69) is 136 Å². The van der Waals surface area contributed by atoms with Crippen LogP contribution in [0.4, 0.5) is 5.69 Å². The van der Waals surface area contributed by atoms with Gasteiger partial charge in [0.1, 0.15) is 0 Å². The monoisotopic (exact) mass is 1220 g/mol. The highest BCUT2D eigenvalue weighted by Gasteiger charge is 2.35. The summed E-state index contributed by atoms with van der Waals surface area (Å²) in [6.07, 6.45) is 9.38. The minimum atomic E-state index is -0.480. The fourth-order valence-electron chi connectivity index (χ4n) is 13.3. The number of carbonyl (C=O) groups excluding carboxylic acids is 5. The van der Waals surface area contributed by atoms with Crippen molar-refractivity contribution >= 4 is 56.8 Å². The quantitative estimate of drug-likeness (QED) is 0.0495. The lowest BCUT2D eigenvalue weighted by Gasteiger charge is -2.32. The van der Waals surface area contributed by atoms with Gasteiger partial charge in [-0.3, -0.25) is 24.0 Å². The van der Waals surface area contributed by atoms with Gasteiger partial charge in [-0.2, -0.15) is 0 Å². The Bertz CT molecular complexity index is 3610. The number of amides is 5. The number of benzene rings is 8. The zero-order valence-corrected chi connectivity index (χ0v) is 53.5. The molecule has 3 aliphatic heterocycles. The van der Waals surface area contributed by atoms with Gasteiger partial charge in [-0.25, -0.2) is 0 Å². The number of para-hydroxylation sites is 1. The van der Waals surface area contributed by atoms with Gasteiger partial charge < -0.3 is 40.9 Å². The van der Waals surface area contributed by atoms with Crippen molar-refractivity contribution in [1.29, 1.82) is 0 Å². The van der Waals surface area contributed by atoms with E-state index in [0.717, 1.165) is 73.3 Å². The molecule has 13 nitrogen and oxygen atoms in total. The summed E-state index contributed by atoms with van der Waals surface area (Å²) in [5.41, 5.74) is 7.32. The number of nitrogens with one attached hydrogen (secondary N) is 4. The average molecular weight is 1220 g/mol. The lowest BCUT2D eigenvalue weighted by molar-refractivity contribution is -0.134. The highest BCUT2D eigenvalue weighted by atomic mass is 16.2. The number of piperidine rings is 1. The van der Waals surface area contributed by atoms with Gasteiger partial charge in [-0.1, -0.05) is 190 Å². The van der Waals surface area contributed by atoms with E-state index >= 15 is 0 Å². The molecule has 3 fully saturated rings. The van der Waals surface area contributed by atoms with Gasteiger partial charge in [-0.15, -0.1) is 0 Å². The molecular weight excluding hydrogens is 1130 g/mol. The highest BCUT2D eigenvalue weighted by Crippen LogP contribution is 2.30. The molecule has 0 saturated carbocycles. The molecule has 8 aromatic carbocycles. The first-order chi connectivity index (χ1) is 44.5. The Hall–Kier alpha value is -8.65. The number of nitrogens with zero attached hydrogens (tertiary/aromatic N) is 4. The molecule has 0 aliphatic carbocycles. The number of carbonyl (C=O) groups is 5. The van der Waals surface area contributed by atoms with Crippen molar-refractivity contribution in [3.8, 4) is 0 Å². The van der Waals surface area contributed by atoms with Crippen LogP contribution in [0.3, 0.4) is 0 Å². The molecule has 13 heteroatoms.